The van der Waals surface area contributed by atoms with Crippen LogP contribution in [-0.4, -0.2) is 82.8 Å². The Hall–Kier alpha value is -3.46. The van der Waals surface area contributed by atoms with Gasteiger partial charge in [-0.3, -0.25) is 9.59 Å². The summed E-state index contributed by atoms with van der Waals surface area (Å²) in [5, 5.41) is 2.96. The molecule has 1 unspecified atom stereocenters. The van der Waals surface area contributed by atoms with Gasteiger partial charge < -0.3 is 34.1 Å². The Morgan fingerprint density at radius 2 is 1.56 bits per heavy atom. The molecule has 2 aliphatic heterocycles. The lowest BCUT2D eigenvalue weighted by molar-refractivity contribution is -0.136. The van der Waals surface area contributed by atoms with E-state index in [1.165, 1.54) is 5.56 Å². The maximum atomic E-state index is 13.3. The zero-order chi connectivity index (χ0) is 25.7. The van der Waals surface area contributed by atoms with Crippen LogP contribution in [0.4, 0.5) is 0 Å². The van der Waals surface area contributed by atoms with Crippen LogP contribution in [0.15, 0.2) is 30.3 Å². The number of nitrogens with one attached hydrogen (secondary N) is 1. The lowest BCUT2D eigenvalue weighted by Crippen LogP contribution is -2.41. The highest BCUT2D eigenvalue weighted by atomic mass is 16.5. The normalized spacial score (nSPS) is 17.3. The van der Waals surface area contributed by atoms with E-state index in [1.807, 2.05) is 17.0 Å². The van der Waals surface area contributed by atoms with Crippen LogP contribution >= 0.6 is 0 Å². The van der Waals surface area contributed by atoms with Gasteiger partial charge in [-0.1, -0.05) is 0 Å². The third kappa shape index (κ3) is 5.51. The largest absolute Gasteiger partial charge is 0.493 e. The Balaban J connectivity index is 1.26. The lowest BCUT2D eigenvalue weighted by Gasteiger charge is -2.31. The molecule has 2 amide bonds. The molecule has 2 heterocycles. The Morgan fingerprint density at radius 1 is 0.889 bits per heavy atom. The molecule has 9 nitrogen and oxygen atoms in total. The molecular weight excluding hydrogens is 462 g/mol. The van der Waals surface area contributed by atoms with E-state index in [-0.39, 0.29) is 17.7 Å². The molecule has 4 rings (SSSR count). The zero-order valence-corrected chi connectivity index (χ0v) is 21.5. The number of hydrogen-bond donors (Lipinski definition) is 1. The molecule has 1 N–H and O–H groups in total. The molecule has 194 valence electrons. The Bertz CT molecular complexity index is 1110. The minimum Gasteiger partial charge on any atom is -0.493 e. The van der Waals surface area contributed by atoms with E-state index in [1.54, 1.807) is 46.6 Å². The van der Waals surface area contributed by atoms with Crippen molar-refractivity contribution < 1.29 is 28.5 Å². The first-order chi connectivity index (χ1) is 17.5. The fourth-order valence-electron chi connectivity index (χ4n) is 4.97. The minimum atomic E-state index is -0.165. The number of nitrogens with zero attached hydrogens (tertiary/aromatic N) is 2. The van der Waals surface area contributed by atoms with E-state index in [4.69, 9.17) is 18.9 Å². The SMILES string of the molecule is COc1ccc(C(=O)NCCN2CCC(C(=O)N3CCc4cc(OC)c(OC)cc4C3)C2)cc1OC. The molecule has 0 aliphatic carbocycles. The van der Waals surface area contributed by atoms with E-state index < -0.39 is 0 Å². The summed E-state index contributed by atoms with van der Waals surface area (Å²) >= 11 is 0. The van der Waals surface area contributed by atoms with Crippen molar-refractivity contribution >= 4 is 11.8 Å². The van der Waals surface area contributed by atoms with Gasteiger partial charge in [0, 0.05) is 38.3 Å². The minimum absolute atomic E-state index is 0.0201. The van der Waals surface area contributed by atoms with Crippen LogP contribution in [0.25, 0.3) is 0 Å². The number of fused-ring (bicyclic) bond motifs is 1. The van der Waals surface area contributed by atoms with Crippen molar-refractivity contribution in [2.24, 2.45) is 5.92 Å². The molecule has 0 radical (unpaired) electrons. The Morgan fingerprint density at radius 3 is 2.25 bits per heavy atom. The number of hydrogen-bond acceptors (Lipinski definition) is 7. The van der Waals surface area contributed by atoms with Gasteiger partial charge in [0.15, 0.2) is 23.0 Å². The van der Waals surface area contributed by atoms with Crippen molar-refractivity contribution in [1.29, 1.82) is 0 Å². The van der Waals surface area contributed by atoms with Crippen molar-refractivity contribution in [3.05, 3.63) is 47.0 Å². The third-order valence-electron chi connectivity index (χ3n) is 7.01. The molecule has 0 saturated carbocycles. The average molecular weight is 498 g/mol. The fraction of sp³-hybridized carbons (Fsp3) is 0.481. The number of carbonyl (C=O) groups excluding carboxylic acids is 2. The summed E-state index contributed by atoms with van der Waals surface area (Å²) in [7, 11) is 6.36. The highest BCUT2D eigenvalue weighted by molar-refractivity contribution is 5.94. The van der Waals surface area contributed by atoms with Gasteiger partial charge in [-0.15, -0.1) is 0 Å². The maximum absolute atomic E-state index is 13.3. The summed E-state index contributed by atoms with van der Waals surface area (Å²) < 4.78 is 21.4. The van der Waals surface area contributed by atoms with Gasteiger partial charge >= 0.3 is 0 Å². The summed E-state index contributed by atoms with van der Waals surface area (Å²) in [6.07, 6.45) is 1.64. The van der Waals surface area contributed by atoms with Gasteiger partial charge in [-0.2, -0.15) is 0 Å². The van der Waals surface area contributed by atoms with Crippen molar-refractivity contribution in [1.82, 2.24) is 15.1 Å². The molecule has 0 aromatic heterocycles. The summed E-state index contributed by atoms with van der Waals surface area (Å²) in [5.74, 6) is 2.53. The number of ether oxygens (including phenoxy) is 4. The van der Waals surface area contributed by atoms with Gasteiger partial charge in [0.1, 0.15) is 0 Å². The summed E-state index contributed by atoms with van der Waals surface area (Å²) in [5.41, 5.74) is 2.83. The van der Waals surface area contributed by atoms with Crippen LogP contribution < -0.4 is 24.3 Å². The van der Waals surface area contributed by atoms with E-state index in [0.717, 1.165) is 30.7 Å². The molecular formula is C27H35N3O6. The van der Waals surface area contributed by atoms with Crippen LogP contribution in [0.2, 0.25) is 0 Å². The second kappa shape index (κ2) is 11.5. The first kappa shape index (κ1) is 25.6. The molecule has 1 atom stereocenters. The van der Waals surface area contributed by atoms with Crippen LogP contribution in [0.3, 0.4) is 0 Å². The number of amides is 2. The van der Waals surface area contributed by atoms with Crippen molar-refractivity contribution in [3.8, 4) is 23.0 Å². The zero-order valence-electron chi connectivity index (χ0n) is 21.5. The smallest absolute Gasteiger partial charge is 0.251 e. The Labute approximate surface area is 212 Å². The molecule has 9 heteroatoms. The number of methoxy groups -OCH3 is 4. The third-order valence-corrected chi connectivity index (χ3v) is 7.01. The predicted octanol–water partition coefficient (Wildman–Crippen LogP) is 2.36. The first-order valence-corrected chi connectivity index (χ1v) is 12.2. The summed E-state index contributed by atoms with van der Waals surface area (Å²) in [4.78, 5) is 30.0. The first-order valence-electron chi connectivity index (χ1n) is 12.2. The molecule has 2 aromatic carbocycles. The van der Waals surface area contributed by atoms with Gasteiger partial charge in [-0.05, 0) is 60.8 Å². The molecule has 1 fully saturated rings. The molecule has 1 saturated heterocycles. The summed E-state index contributed by atoms with van der Waals surface area (Å²) in [6.45, 7) is 4.06. The fourth-order valence-corrected chi connectivity index (χ4v) is 4.97. The number of rotatable bonds is 9. The molecule has 36 heavy (non-hydrogen) atoms. The van der Waals surface area contributed by atoms with Gasteiger partial charge in [0.05, 0.1) is 34.4 Å². The molecule has 2 aromatic rings. The lowest BCUT2D eigenvalue weighted by atomic mass is 9.97. The van der Waals surface area contributed by atoms with Crippen LogP contribution in [0.1, 0.15) is 27.9 Å². The second-order valence-corrected chi connectivity index (χ2v) is 9.10. The highest BCUT2D eigenvalue weighted by Crippen LogP contribution is 2.34. The van der Waals surface area contributed by atoms with Crippen molar-refractivity contribution in [2.45, 2.75) is 19.4 Å². The van der Waals surface area contributed by atoms with Crippen LogP contribution in [0, 0.1) is 5.92 Å². The highest BCUT2D eigenvalue weighted by Gasteiger charge is 2.33. The van der Waals surface area contributed by atoms with Gasteiger partial charge in [-0.25, -0.2) is 0 Å². The predicted molar refractivity (Wildman–Crippen MR) is 135 cm³/mol. The van der Waals surface area contributed by atoms with E-state index in [0.29, 0.717) is 55.5 Å². The number of carbonyl (C=O) groups is 2. The van der Waals surface area contributed by atoms with Crippen molar-refractivity contribution in [3.63, 3.8) is 0 Å². The van der Waals surface area contributed by atoms with Crippen LogP contribution in [-0.2, 0) is 17.8 Å². The summed E-state index contributed by atoms with van der Waals surface area (Å²) in [6, 6.07) is 9.10. The molecule has 2 aliphatic rings. The molecule has 0 spiro atoms. The Kier molecular flexibility index (Phi) is 8.20. The second-order valence-electron chi connectivity index (χ2n) is 9.10. The number of benzene rings is 2. The molecule has 0 bridgehead atoms. The quantitative estimate of drug-likeness (QED) is 0.569. The van der Waals surface area contributed by atoms with E-state index >= 15 is 0 Å². The topological polar surface area (TPSA) is 89.6 Å². The van der Waals surface area contributed by atoms with Crippen LogP contribution in [0.5, 0.6) is 23.0 Å². The standard InChI is InChI=1S/C27H35N3O6/c1-33-22-6-5-19(14-23(22)34-2)26(31)28-9-12-29-10-7-20(16-29)27(32)30-11-8-18-13-24(35-3)25(36-4)15-21(18)17-30/h5-6,13-15,20H,7-12,16-17H2,1-4H3,(H,28,31). The van der Waals surface area contributed by atoms with Gasteiger partial charge in [0.25, 0.3) is 5.91 Å². The average Bonchev–Trinajstić information content (AvgIpc) is 3.39. The van der Waals surface area contributed by atoms with E-state index in [9.17, 15) is 9.59 Å². The van der Waals surface area contributed by atoms with Gasteiger partial charge in [0.2, 0.25) is 5.91 Å². The number of likely N-dealkylation sites (tertiary alicyclic amines) is 1. The van der Waals surface area contributed by atoms with E-state index in [2.05, 4.69) is 10.2 Å². The maximum Gasteiger partial charge on any atom is 0.251 e. The van der Waals surface area contributed by atoms with Crippen molar-refractivity contribution in [2.75, 3.05) is 61.2 Å². The monoisotopic (exact) mass is 497 g/mol.